The van der Waals surface area contributed by atoms with Gasteiger partial charge in [0.1, 0.15) is 0 Å². The standard InChI is InChI=1S/C42H23Br3N4/c43-32-13-5-24(6-14-32)35-17-9-26-1-3-28-11-19-37(48-41(28)39(26)46-35)30-21-31(23-34(45)22-30)38-20-12-29-4-2-27-10-18-36(47-40(27)42(29)49-38)25-7-15-33(44)16-8-25/h1-23H. The van der Waals surface area contributed by atoms with Gasteiger partial charge in [-0.05, 0) is 66.7 Å². The first-order chi connectivity index (χ1) is 23.9. The van der Waals surface area contributed by atoms with Crippen molar-refractivity contribution in [2.75, 3.05) is 0 Å². The van der Waals surface area contributed by atoms with E-state index in [2.05, 4.69) is 163 Å². The van der Waals surface area contributed by atoms with Gasteiger partial charge in [-0.25, -0.2) is 19.9 Å². The van der Waals surface area contributed by atoms with Crippen molar-refractivity contribution in [2.45, 2.75) is 0 Å². The number of hydrogen-bond donors (Lipinski definition) is 0. The molecule has 9 rings (SSSR count). The molecule has 0 bridgehead atoms. The Morgan fingerprint density at radius 2 is 0.551 bits per heavy atom. The van der Waals surface area contributed by atoms with E-state index in [-0.39, 0.29) is 0 Å². The number of rotatable bonds is 4. The summed E-state index contributed by atoms with van der Waals surface area (Å²) < 4.78 is 3.03. The number of pyridine rings is 4. The van der Waals surface area contributed by atoms with Gasteiger partial charge in [0, 0.05) is 57.2 Å². The highest BCUT2D eigenvalue weighted by Crippen LogP contribution is 2.34. The minimum Gasteiger partial charge on any atom is -0.245 e. The van der Waals surface area contributed by atoms with E-state index in [0.717, 1.165) is 102 Å². The van der Waals surface area contributed by atoms with Gasteiger partial charge in [0.05, 0.1) is 44.8 Å². The quantitative estimate of drug-likeness (QED) is 0.166. The third-order valence-electron chi connectivity index (χ3n) is 8.81. The fraction of sp³-hybridized carbons (Fsp3) is 0. The molecule has 0 N–H and O–H groups in total. The molecule has 232 valence electrons. The highest BCUT2D eigenvalue weighted by atomic mass is 79.9. The molecule has 0 radical (unpaired) electrons. The smallest absolute Gasteiger partial charge is 0.0972 e. The second-order valence-corrected chi connectivity index (χ2v) is 14.7. The zero-order valence-electron chi connectivity index (χ0n) is 25.7. The van der Waals surface area contributed by atoms with Crippen molar-refractivity contribution in [3.63, 3.8) is 0 Å². The van der Waals surface area contributed by atoms with Crippen LogP contribution >= 0.6 is 47.8 Å². The van der Waals surface area contributed by atoms with Crippen LogP contribution in [0.15, 0.2) is 153 Å². The van der Waals surface area contributed by atoms with E-state index < -0.39 is 0 Å². The summed E-state index contributed by atoms with van der Waals surface area (Å²) in [6, 6.07) is 48.0. The predicted octanol–water partition coefficient (Wildman–Crippen LogP) is 12.8. The van der Waals surface area contributed by atoms with Crippen LogP contribution in [0.5, 0.6) is 0 Å². The van der Waals surface area contributed by atoms with Crippen LogP contribution in [-0.4, -0.2) is 19.9 Å². The summed E-state index contributed by atoms with van der Waals surface area (Å²) in [5, 5.41) is 4.20. The first-order valence-corrected chi connectivity index (χ1v) is 18.1. The van der Waals surface area contributed by atoms with Gasteiger partial charge >= 0.3 is 0 Å². The summed E-state index contributed by atoms with van der Waals surface area (Å²) >= 11 is 10.9. The molecule has 0 unspecified atom stereocenters. The minimum atomic E-state index is 0.866. The lowest BCUT2D eigenvalue weighted by molar-refractivity contribution is 1.35. The molecule has 0 atom stereocenters. The maximum absolute atomic E-state index is 5.21. The van der Waals surface area contributed by atoms with Crippen LogP contribution in [0.4, 0.5) is 0 Å². The third kappa shape index (κ3) is 5.72. The molecule has 0 amide bonds. The van der Waals surface area contributed by atoms with Crippen LogP contribution in [0.1, 0.15) is 0 Å². The Bertz CT molecular complexity index is 2560. The molecular weight excluding hydrogens is 800 g/mol. The average Bonchev–Trinajstić information content (AvgIpc) is 3.14. The summed E-state index contributed by atoms with van der Waals surface area (Å²) in [5.74, 6) is 0. The summed E-state index contributed by atoms with van der Waals surface area (Å²) in [6.45, 7) is 0. The Balaban J connectivity index is 1.15. The first kappa shape index (κ1) is 30.3. The van der Waals surface area contributed by atoms with Gasteiger partial charge in [0.2, 0.25) is 0 Å². The molecule has 0 spiro atoms. The van der Waals surface area contributed by atoms with Gasteiger partial charge in [-0.15, -0.1) is 0 Å². The molecule has 0 saturated carbocycles. The van der Waals surface area contributed by atoms with Gasteiger partial charge in [-0.2, -0.15) is 0 Å². The Morgan fingerprint density at radius 3 is 0.878 bits per heavy atom. The van der Waals surface area contributed by atoms with Crippen LogP contribution in [0, 0.1) is 0 Å². The largest absolute Gasteiger partial charge is 0.245 e. The zero-order valence-corrected chi connectivity index (χ0v) is 30.5. The molecule has 4 aromatic heterocycles. The summed E-state index contributed by atoms with van der Waals surface area (Å²) in [6.07, 6.45) is 0. The van der Waals surface area contributed by atoms with E-state index in [4.69, 9.17) is 19.9 Å². The Morgan fingerprint density at radius 1 is 0.265 bits per heavy atom. The Labute approximate surface area is 307 Å². The Hall–Kier alpha value is -4.82. The van der Waals surface area contributed by atoms with Gasteiger partial charge < -0.3 is 0 Å². The molecular formula is C42H23Br3N4. The van der Waals surface area contributed by atoms with E-state index >= 15 is 0 Å². The predicted molar refractivity (Wildman–Crippen MR) is 212 cm³/mol. The van der Waals surface area contributed by atoms with Crippen molar-refractivity contribution < 1.29 is 0 Å². The minimum absolute atomic E-state index is 0.866. The number of hydrogen-bond acceptors (Lipinski definition) is 4. The van der Waals surface area contributed by atoms with Crippen molar-refractivity contribution in [2.24, 2.45) is 0 Å². The van der Waals surface area contributed by atoms with Gasteiger partial charge in [0.15, 0.2) is 0 Å². The molecule has 49 heavy (non-hydrogen) atoms. The highest BCUT2D eigenvalue weighted by Gasteiger charge is 2.13. The number of nitrogens with zero attached hydrogens (tertiary/aromatic N) is 4. The molecule has 0 aliphatic heterocycles. The lowest BCUT2D eigenvalue weighted by atomic mass is 10.0. The summed E-state index contributed by atoms with van der Waals surface area (Å²) in [5.41, 5.74) is 11.2. The fourth-order valence-corrected chi connectivity index (χ4v) is 7.33. The highest BCUT2D eigenvalue weighted by molar-refractivity contribution is 9.11. The molecule has 4 heterocycles. The second-order valence-electron chi connectivity index (χ2n) is 11.9. The second kappa shape index (κ2) is 12.3. The van der Waals surface area contributed by atoms with Crippen molar-refractivity contribution in [3.8, 4) is 45.0 Å². The lowest BCUT2D eigenvalue weighted by Gasteiger charge is -2.11. The average molecular weight is 823 g/mol. The van der Waals surface area contributed by atoms with Crippen LogP contribution < -0.4 is 0 Å². The van der Waals surface area contributed by atoms with Gasteiger partial charge in [-0.1, -0.05) is 121 Å². The van der Waals surface area contributed by atoms with Crippen molar-refractivity contribution in [1.29, 1.82) is 0 Å². The summed E-state index contributed by atoms with van der Waals surface area (Å²) in [4.78, 5) is 20.6. The zero-order chi connectivity index (χ0) is 33.1. The monoisotopic (exact) mass is 820 g/mol. The molecule has 0 aliphatic carbocycles. The molecule has 0 saturated heterocycles. The fourth-order valence-electron chi connectivity index (χ4n) is 6.31. The van der Waals surface area contributed by atoms with Gasteiger partial charge in [0.25, 0.3) is 0 Å². The SMILES string of the molecule is Brc1ccc(-c2ccc3ccc4ccc(-c5cc(Br)cc(-c6ccc7ccc8ccc(-c9ccc(Br)cc9)nc8c7n6)c5)nc4c3n2)cc1. The van der Waals surface area contributed by atoms with Crippen LogP contribution in [0.25, 0.3) is 88.6 Å². The molecule has 0 fully saturated rings. The van der Waals surface area contributed by atoms with E-state index in [1.54, 1.807) is 0 Å². The van der Waals surface area contributed by atoms with E-state index in [0.29, 0.717) is 0 Å². The molecule has 9 aromatic rings. The van der Waals surface area contributed by atoms with Crippen molar-refractivity contribution in [3.05, 3.63) is 153 Å². The first-order valence-electron chi connectivity index (χ1n) is 15.7. The maximum atomic E-state index is 5.21. The van der Waals surface area contributed by atoms with Crippen molar-refractivity contribution in [1.82, 2.24) is 19.9 Å². The van der Waals surface area contributed by atoms with E-state index in [9.17, 15) is 0 Å². The number of halogens is 3. The molecule has 5 aromatic carbocycles. The number of fused-ring (bicyclic) bond motifs is 6. The van der Waals surface area contributed by atoms with E-state index in [1.165, 1.54) is 0 Å². The van der Waals surface area contributed by atoms with Crippen LogP contribution in [0.2, 0.25) is 0 Å². The molecule has 7 heteroatoms. The lowest BCUT2D eigenvalue weighted by Crippen LogP contribution is -1.93. The maximum Gasteiger partial charge on any atom is 0.0972 e. The van der Waals surface area contributed by atoms with Gasteiger partial charge in [-0.3, -0.25) is 0 Å². The molecule has 4 nitrogen and oxygen atoms in total. The molecule has 0 aliphatic rings. The number of benzene rings is 5. The van der Waals surface area contributed by atoms with Crippen molar-refractivity contribution >= 4 is 91.4 Å². The van der Waals surface area contributed by atoms with E-state index in [1.807, 2.05) is 24.3 Å². The van der Waals surface area contributed by atoms with Crippen LogP contribution in [-0.2, 0) is 0 Å². The Kier molecular flexibility index (Phi) is 7.57. The third-order valence-corrected chi connectivity index (χ3v) is 10.3. The van der Waals surface area contributed by atoms with Crippen LogP contribution in [0.3, 0.4) is 0 Å². The summed E-state index contributed by atoms with van der Waals surface area (Å²) in [7, 11) is 0. The number of aromatic nitrogens is 4. The topological polar surface area (TPSA) is 51.6 Å². The normalized spacial score (nSPS) is 11.6.